The Balaban J connectivity index is 2.64. The molecule has 1 rings (SSSR count). The zero-order valence-corrected chi connectivity index (χ0v) is 10.3. The number of hydrogen-bond donors (Lipinski definition) is 0. The van der Waals surface area contributed by atoms with E-state index in [2.05, 4.69) is 6.92 Å². The van der Waals surface area contributed by atoms with Crippen LogP contribution >= 0.6 is 0 Å². The van der Waals surface area contributed by atoms with Crippen molar-refractivity contribution in [3.05, 3.63) is 0 Å². The predicted octanol–water partition coefficient (Wildman–Crippen LogP) is 1.82. The van der Waals surface area contributed by atoms with Crippen molar-refractivity contribution < 1.29 is 13.2 Å². The minimum atomic E-state index is -3.15. The van der Waals surface area contributed by atoms with E-state index in [1.165, 1.54) is 6.42 Å². The molecule has 0 saturated heterocycles. The summed E-state index contributed by atoms with van der Waals surface area (Å²) in [5.41, 5.74) is 0. The van der Waals surface area contributed by atoms with Crippen molar-refractivity contribution >= 4 is 15.6 Å². The van der Waals surface area contributed by atoms with Gasteiger partial charge < -0.3 is 0 Å². The molecular weight excluding hydrogens is 212 g/mol. The average Bonchev–Trinajstić information content (AvgIpc) is 2.15. The van der Waals surface area contributed by atoms with Gasteiger partial charge in [0.25, 0.3) is 0 Å². The molecule has 0 aliphatic heterocycles. The Morgan fingerprint density at radius 2 is 1.87 bits per heavy atom. The summed E-state index contributed by atoms with van der Waals surface area (Å²) in [6.07, 6.45) is 6.33. The third kappa shape index (κ3) is 3.93. The highest BCUT2D eigenvalue weighted by molar-refractivity contribution is 7.91. The first-order valence-electron chi connectivity index (χ1n) is 5.64. The Kier molecular flexibility index (Phi) is 4.32. The molecule has 4 heteroatoms. The molecular formula is C11H20O3S. The lowest BCUT2D eigenvalue weighted by molar-refractivity contribution is -0.123. The smallest absolute Gasteiger partial charge is 0.154 e. The normalized spacial score (nSPS) is 27.6. The van der Waals surface area contributed by atoms with Crippen LogP contribution in [0.1, 0.15) is 39.0 Å². The van der Waals surface area contributed by atoms with Crippen LogP contribution in [0.3, 0.4) is 0 Å². The van der Waals surface area contributed by atoms with E-state index < -0.39 is 9.84 Å². The van der Waals surface area contributed by atoms with Crippen LogP contribution in [0.25, 0.3) is 0 Å². The van der Waals surface area contributed by atoms with Gasteiger partial charge in [-0.2, -0.15) is 0 Å². The molecule has 0 spiro atoms. The fourth-order valence-corrected chi connectivity index (χ4v) is 3.22. The van der Waals surface area contributed by atoms with Gasteiger partial charge in [0, 0.05) is 12.2 Å². The molecule has 3 nitrogen and oxygen atoms in total. The minimum Gasteiger partial charge on any atom is -0.298 e. The molecule has 1 fully saturated rings. The fraction of sp³-hybridized carbons (Fsp3) is 0.909. The molecule has 0 N–H and O–H groups in total. The Morgan fingerprint density at radius 1 is 1.27 bits per heavy atom. The molecule has 0 amide bonds. The number of carbonyl (C=O) groups is 1. The standard InChI is InChI=1S/C11H20O3S/c1-3-9-6-4-5-7-10(9)11(12)8-15(2,13)14/h9-10H,3-8H2,1-2H3. The lowest BCUT2D eigenvalue weighted by atomic mass is 9.76. The molecule has 2 unspecified atom stereocenters. The van der Waals surface area contributed by atoms with Crippen LogP contribution in [0.4, 0.5) is 0 Å². The molecule has 88 valence electrons. The molecule has 15 heavy (non-hydrogen) atoms. The van der Waals surface area contributed by atoms with Crippen molar-refractivity contribution in [2.75, 3.05) is 12.0 Å². The Labute approximate surface area is 92.2 Å². The molecule has 0 bridgehead atoms. The van der Waals surface area contributed by atoms with Crippen molar-refractivity contribution in [2.45, 2.75) is 39.0 Å². The maximum atomic E-state index is 11.8. The highest BCUT2D eigenvalue weighted by Crippen LogP contribution is 2.32. The summed E-state index contributed by atoms with van der Waals surface area (Å²) < 4.78 is 22.1. The summed E-state index contributed by atoms with van der Waals surface area (Å²) in [4.78, 5) is 11.8. The van der Waals surface area contributed by atoms with Crippen molar-refractivity contribution in [3.8, 4) is 0 Å². The van der Waals surface area contributed by atoms with Gasteiger partial charge >= 0.3 is 0 Å². The Hall–Kier alpha value is -0.380. The summed E-state index contributed by atoms with van der Waals surface area (Å²) >= 11 is 0. The van der Waals surface area contributed by atoms with Gasteiger partial charge in [-0.05, 0) is 18.8 Å². The number of ketones is 1. The van der Waals surface area contributed by atoms with Crippen LogP contribution < -0.4 is 0 Å². The van der Waals surface area contributed by atoms with Crippen molar-refractivity contribution in [3.63, 3.8) is 0 Å². The van der Waals surface area contributed by atoms with Gasteiger partial charge in [-0.25, -0.2) is 8.42 Å². The van der Waals surface area contributed by atoms with E-state index in [4.69, 9.17) is 0 Å². The average molecular weight is 232 g/mol. The number of sulfone groups is 1. The monoisotopic (exact) mass is 232 g/mol. The summed E-state index contributed by atoms with van der Waals surface area (Å²) in [6.45, 7) is 2.08. The maximum absolute atomic E-state index is 11.8. The van der Waals surface area contributed by atoms with Crippen LogP contribution in [0.5, 0.6) is 0 Å². The highest BCUT2D eigenvalue weighted by Gasteiger charge is 2.30. The Morgan fingerprint density at radius 3 is 2.40 bits per heavy atom. The van der Waals surface area contributed by atoms with E-state index in [-0.39, 0.29) is 17.5 Å². The summed E-state index contributed by atoms with van der Waals surface area (Å²) in [5.74, 6) is 0.0734. The molecule has 0 radical (unpaired) electrons. The predicted molar refractivity (Wildman–Crippen MR) is 60.5 cm³/mol. The van der Waals surface area contributed by atoms with Crippen molar-refractivity contribution in [1.29, 1.82) is 0 Å². The lowest BCUT2D eigenvalue weighted by Crippen LogP contribution is -2.31. The second kappa shape index (κ2) is 5.10. The summed E-state index contributed by atoms with van der Waals surface area (Å²) in [7, 11) is -3.15. The van der Waals surface area contributed by atoms with E-state index in [1.54, 1.807) is 0 Å². The van der Waals surface area contributed by atoms with E-state index >= 15 is 0 Å². The molecule has 1 aliphatic carbocycles. The van der Waals surface area contributed by atoms with Gasteiger partial charge in [0.1, 0.15) is 5.75 Å². The van der Waals surface area contributed by atoms with E-state index in [0.29, 0.717) is 5.92 Å². The van der Waals surface area contributed by atoms with Crippen LogP contribution in [0.2, 0.25) is 0 Å². The van der Waals surface area contributed by atoms with Crippen LogP contribution in [0.15, 0.2) is 0 Å². The van der Waals surface area contributed by atoms with Gasteiger partial charge in [-0.1, -0.05) is 26.2 Å². The van der Waals surface area contributed by atoms with Gasteiger partial charge in [0.15, 0.2) is 15.6 Å². The number of carbonyl (C=O) groups excluding carboxylic acids is 1. The first kappa shape index (κ1) is 12.7. The molecule has 1 saturated carbocycles. The highest BCUT2D eigenvalue weighted by atomic mass is 32.2. The third-order valence-electron chi connectivity index (χ3n) is 3.25. The quantitative estimate of drug-likeness (QED) is 0.743. The zero-order chi connectivity index (χ0) is 11.5. The largest absolute Gasteiger partial charge is 0.298 e. The van der Waals surface area contributed by atoms with E-state index in [1.807, 2.05) is 0 Å². The van der Waals surface area contributed by atoms with Gasteiger partial charge in [-0.3, -0.25) is 4.79 Å². The van der Waals surface area contributed by atoms with Gasteiger partial charge in [0.2, 0.25) is 0 Å². The second-order valence-corrected chi connectivity index (χ2v) is 6.74. The number of hydrogen-bond acceptors (Lipinski definition) is 3. The Bertz CT molecular complexity index is 319. The molecule has 2 atom stereocenters. The summed E-state index contributed by atoms with van der Waals surface area (Å²) in [6, 6.07) is 0. The van der Waals surface area contributed by atoms with Gasteiger partial charge in [-0.15, -0.1) is 0 Å². The fourth-order valence-electron chi connectivity index (χ4n) is 2.49. The second-order valence-electron chi connectivity index (χ2n) is 4.60. The molecule has 0 heterocycles. The zero-order valence-electron chi connectivity index (χ0n) is 9.53. The lowest BCUT2D eigenvalue weighted by Gasteiger charge is -2.29. The summed E-state index contributed by atoms with van der Waals surface area (Å²) in [5, 5.41) is 0. The maximum Gasteiger partial charge on any atom is 0.154 e. The molecule has 0 aromatic rings. The third-order valence-corrected chi connectivity index (χ3v) is 4.06. The first-order valence-corrected chi connectivity index (χ1v) is 7.70. The number of rotatable bonds is 4. The molecule has 0 aromatic heterocycles. The van der Waals surface area contributed by atoms with E-state index in [0.717, 1.165) is 31.9 Å². The number of Topliss-reactive ketones (excluding diaryl/α,β-unsaturated/α-hetero) is 1. The first-order chi connectivity index (χ1) is 6.94. The minimum absolute atomic E-state index is 0.00141. The van der Waals surface area contributed by atoms with Crippen molar-refractivity contribution in [2.24, 2.45) is 11.8 Å². The topological polar surface area (TPSA) is 51.2 Å². The van der Waals surface area contributed by atoms with Crippen molar-refractivity contribution in [1.82, 2.24) is 0 Å². The molecule has 1 aliphatic rings. The van der Waals surface area contributed by atoms with Gasteiger partial charge in [0.05, 0.1) is 0 Å². The molecule has 0 aromatic carbocycles. The van der Waals surface area contributed by atoms with E-state index in [9.17, 15) is 13.2 Å². The van der Waals surface area contributed by atoms with Crippen LogP contribution in [-0.2, 0) is 14.6 Å². The van der Waals surface area contributed by atoms with Crippen LogP contribution in [-0.4, -0.2) is 26.2 Å². The SMILES string of the molecule is CCC1CCCCC1C(=O)CS(C)(=O)=O. The van der Waals surface area contributed by atoms with Crippen LogP contribution in [0, 0.1) is 11.8 Å².